The molecule has 0 spiro atoms. The number of carbonyl (C=O) groups is 3. The van der Waals surface area contributed by atoms with Gasteiger partial charge in [-0.25, -0.2) is 4.39 Å². The van der Waals surface area contributed by atoms with E-state index in [1.165, 1.54) is 12.1 Å². The van der Waals surface area contributed by atoms with E-state index >= 15 is 0 Å². The Morgan fingerprint density at radius 2 is 1.45 bits per heavy atom. The largest absolute Gasteiger partial charge is 0.341 e. The first-order valence-electron chi connectivity index (χ1n) is 11.7. The predicted octanol–water partition coefficient (Wildman–Crippen LogP) is 3.49. The number of amides is 3. The molecule has 2 aromatic rings. The molecule has 0 saturated carbocycles. The zero-order chi connectivity index (χ0) is 23.2. The Labute approximate surface area is 193 Å². The standard InChI is InChI=1S/C26H30FN3O3/c27-22-12-6-5-11-21(22)25(32)30-17-13-19(14-18-30)23(26(33)29-15-7-2-8-16-29)28-24(31)20-9-3-1-4-10-20/h1,3-6,9-12,19,23H,2,7-8,13-18H2,(H,28,31)/t23-/m0/s1. The van der Waals surface area contributed by atoms with Gasteiger partial charge in [-0.1, -0.05) is 30.3 Å². The summed E-state index contributed by atoms with van der Waals surface area (Å²) in [6.45, 7) is 2.26. The van der Waals surface area contributed by atoms with Crippen LogP contribution in [0.2, 0.25) is 0 Å². The molecule has 4 rings (SSSR count). The van der Waals surface area contributed by atoms with Gasteiger partial charge in [0.05, 0.1) is 5.56 Å². The fraction of sp³-hybridized carbons (Fsp3) is 0.423. The second-order valence-electron chi connectivity index (χ2n) is 8.81. The lowest BCUT2D eigenvalue weighted by Gasteiger charge is -2.38. The van der Waals surface area contributed by atoms with Gasteiger partial charge in [0.15, 0.2) is 0 Å². The van der Waals surface area contributed by atoms with Crippen LogP contribution in [0.1, 0.15) is 52.8 Å². The van der Waals surface area contributed by atoms with Crippen LogP contribution in [-0.4, -0.2) is 59.7 Å². The van der Waals surface area contributed by atoms with Gasteiger partial charge in [-0.15, -0.1) is 0 Å². The first kappa shape index (κ1) is 23.0. The van der Waals surface area contributed by atoms with Crippen LogP contribution in [0.5, 0.6) is 0 Å². The summed E-state index contributed by atoms with van der Waals surface area (Å²) in [6.07, 6.45) is 4.20. The molecule has 174 valence electrons. The molecule has 2 aromatic carbocycles. The number of halogens is 1. The van der Waals surface area contributed by atoms with Crippen molar-refractivity contribution >= 4 is 17.7 Å². The van der Waals surface area contributed by atoms with Gasteiger partial charge in [-0.2, -0.15) is 0 Å². The summed E-state index contributed by atoms with van der Waals surface area (Å²) in [5, 5.41) is 2.99. The van der Waals surface area contributed by atoms with Gasteiger partial charge in [0.1, 0.15) is 11.9 Å². The molecule has 0 aromatic heterocycles. The Balaban J connectivity index is 1.46. The molecule has 1 atom stereocenters. The topological polar surface area (TPSA) is 69.7 Å². The Hall–Kier alpha value is -3.22. The molecule has 0 radical (unpaired) electrons. The summed E-state index contributed by atoms with van der Waals surface area (Å²) >= 11 is 0. The molecule has 0 bridgehead atoms. The van der Waals surface area contributed by atoms with Gasteiger partial charge in [-0.3, -0.25) is 14.4 Å². The number of piperidine rings is 2. The van der Waals surface area contributed by atoms with E-state index in [0.29, 0.717) is 44.6 Å². The number of nitrogens with one attached hydrogen (secondary N) is 1. The van der Waals surface area contributed by atoms with E-state index in [9.17, 15) is 18.8 Å². The molecule has 6 nitrogen and oxygen atoms in total. The lowest BCUT2D eigenvalue weighted by molar-refractivity contribution is -0.136. The summed E-state index contributed by atoms with van der Waals surface area (Å²) in [5.74, 6) is -1.26. The second-order valence-corrected chi connectivity index (χ2v) is 8.81. The first-order valence-corrected chi connectivity index (χ1v) is 11.7. The third-order valence-electron chi connectivity index (χ3n) is 6.66. The Kier molecular flexibility index (Phi) is 7.37. The fourth-order valence-corrected chi connectivity index (χ4v) is 4.75. The summed E-state index contributed by atoms with van der Waals surface area (Å²) < 4.78 is 14.1. The third-order valence-corrected chi connectivity index (χ3v) is 6.66. The minimum atomic E-state index is -0.637. The summed E-state index contributed by atoms with van der Waals surface area (Å²) in [5.41, 5.74) is 0.579. The van der Waals surface area contributed by atoms with E-state index in [1.54, 1.807) is 41.3 Å². The lowest BCUT2D eigenvalue weighted by atomic mass is 9.87. The second kappa shape index (κ2) is 10.6. The smallest absolute Gasteiger partial charge is 0.256 e. The SMILES string of the molecule is O=C(N[C@H](C(=O)N1CCCCC1)C1CCN(C(=O)c2ccccc2F)CC1)c1ccccc1. The number of hydrogen-bond acceptors (Lipinski definition) is 3. The van der Waals surface area contributed by atoms with E-state index < -0.39 is 11.9 Å². The van der Waals surface area contributed by atoms with Crippen LogP contribution >= 0.6 is 0 Å². The maximum atomic E-state index is 14.1. The summed E-state index contributed by atoms with van der Waals surface area (Å²) in [6, 6.07) is 14.2. The zero-order valence-electron chi connectivity index (χ0n) is 18.7. The quantitative estimate of drug-likeness (QED) is 0.757. The number of nitrogens with zero attached hydrogens (tertiary/aromatic N) is 2. The molecule has 0 aliphatic carbocycles. The highest BCUT2D eigenvalue weighted by Crippen LogP contribution is 2.25. The number of hydrogen-bond donors (Lipinski definition) is 1. The maximum absolute atomic E-state index is 14.1. The Morgan fingerprint density at radius 1 is 0.818 bits per heavy atom. The van der Waals surface area contributed by atoms with Gasteiger partial charge < -0.3 is 15.1 Å². The molecule has 1 N–H and O–H groups in total. The van der Waals surface area contributed by atoms with E-state index in [0.717, 1.165) is 19.3 Å². The highest BCUT2D eigenvalue weighted by molar-refractivity contribution is 5.97. The number of rotatable bonds is 5. The van der Waals surface area contributed by atoms with E-state index in [1.807, 2.05) is 11.0 Å². The van der Waals surface area contributed by atoms with Gasteiger partial charge >= 0.3 is 0 Å². The third kappa shape index (κ3) is 5.41. The fourth-order valence-electron chi connectivity index (χ4n) is 4.75. The van der Waals surface area contributed by atoms with Gasteiger partial charge in [0.25, 0.3) is 11.8 Å². The zero-order valence-corrected chi connectivity index (χ0v) is 18.7. The van der Waals surface area contributed by atoms with Crippen molar-refractivity contribution in [2.45, 2.75) is 38.1 Å². The molecule has 33 heavy (non-hydrogen) atoms. The predicted molar refractivity (Wildman–Crippen MR) is 123 cm³/mol. The van der Waals surface area contributed by atoms with Crippen LogP contribution in [0.4, 0.5) is 4.39 Å². The van der Waals surface area contributed by atoms with Crippen molar-refractivity contribution < 1.29 is 18.8 Å². The lowest BCUT2D eigenvalue weighted by Crippen LogP contribution is -2.55. The first-order chi connectivity index (χ1) is 16.0. The summed E-state index contributed by atoms with van der Waals surface area (Å²) in [7, 11) is 0. The summed E-state index contributed by atoms with van der Waals surface area (Å²) in [4.78, 5) is 42.6. The normalized spacial score (nSPS) is 18.0. The minimum Gasteiger partial charge on any atom is -0.341 e. The Bertz CT molecular complexity index is 983. The van der Waals surface area contributed by atoms with Crippen LogP contribution in [0.15, 0.2) is 54.6 Å². The van der Waals surface area contributed by atoms with Crippen molar-refractivity contribution in [3.8, 4) is 0 Å². The molecular formula is C26H30FN3O3. The van der Waals surface area contributed by atoms with E-state index in [-0.39, 0.29) is 29.2 Å². The average molecular weight is 452 g/mol. The number of likely N-dealkylation sites (tertiary alicyclic amines) is 2. The van der Waals surface area contributed by atoms with Crippen molar-refractivity contribution in [2.24, 2.45) is 5.92 Å². The van der Waals surface area contributed by atoms with Gasteiger partial charge in [-0.05, 0) is 62.3 Å². The van der Waals surface area contributed by atoms with Crippen LogP contribution in [0.25, 0.3) is 0 Å². The van der Waals surface area contributed by atoms with Gasteiger partial charge in [0, 0.05) is 31.7 Å². The monoisotopic (exact) mass is 451 g/mol. The average Bonchev–Trinajstić information content (AvgIpc) is 2.88. The number of carbonyl (C=O) groups excluding carboxylic acids is 3. The van der Waals surface area contributed by atoms with Crippen molar-refractivity contribution in [3.63, 3.8) is 0 Å². The number of benzene rings is 2. The van der Waals surface area contributed by atoms with Crippen LogP contribution in [0, 0.1) is 11.7 Å². The molecular weight excluding hydrogens is 421 g/mol. The Morgan fingerprint density at radius 3 is 2.12 bits per heavy atom. The van der Waals surface area contributed by atoms with Crippen LogP contribution in [0.3, 0.4) is 0 Å². The molecule has 2 heterocycles. The van der Waals surface area contributed by atoms with Crippen molar-refractivity contribution in [3.05, 3.63) is 71.5 Å². The van der Waals surface area contributed by atoms with E-state index in [4.69, 9.17) is 0 Å². The molecule has 2 fully saturated rings. The molecule has 7 heteroatoms. The molecule has 2 aliphatic heterocycles. The van der Waals surface area contributed by atoms with Crippen molar-refractivity contribution in [1.82, 2.24) is 15.1 Å². The highest BCUT2D eigenvalue weighted by atomic mass is 19.1. The van der Waals surface area contributed by atoms with Crippen molar-refractivity contribution in [1.29, 1.82) is 0 Å². The van der Waals surface area contributed by atoms with Crippen LogP contribution < -0.4 is 5.32 Å². The minimum absolute atomic E-state index is 0.0436. The molecule has 2 saturated heterocycles. The molecule has 3 amide bonds. The van der Waals surface area contributed by atoms with Crippen molar-refractivity contribution in [2.75, 3.05) is 26.2 Å². The maximum Gasteiger partial charge on any atom is 0.256 e. The highest BCUT2D eigenvalue weighted by Gasteiger charge is 2.36. The van der Waals surface area contributed by atoms with Gasteiger partial charge in [0.2, 0.25) is 5.91 Å². The molecule has 0 unspecified atom stereocenters. The van der Waals surface area contributed by atoms with E-state index in [2.05, 4.69) is 5.32 Å². The molecule has 2 aliphatic rings. The van der Waals surface area contributed by atoms with Crippen LogP contribution in [-0.2, 0) is 4.79 Å².